The molecule has 0 aliphatic rings. The Morgan fingerprint density at radius 2 is 2.25 bits per heavy atom. The highest BCUT2D eigenvalue weighted by atomic mass is 19.1. The predicted molar refractivity (Wildman–Crippen MR) is 53.4 cm³/mol. The number of halogens is 1. The first-order chi connectivity index (χ1) is 7.47. The van der Waals surface area contributed by atoms with Gasteiger partial charge in [-0.05, 0) is 13.0 Å². The van der Waals surface area contributed by atoms with E-state index in [1.807, 2.05) is 0 Å². The Hall–Kier alpha value is -2.18. The van der Waals surface area contributed by atoms with E-state index in [0.717, 1.165) is 6.07 Å². The second kappa shape index (κ2) is 4.56. The number of ether oxygens (including phenoxy) is 1. The highest BCUT2D eigenvalue weighted by Gasteiger charge is 2.20. The number of benzene rings is 1. The van der Waals surface area contributed by atoms with Crippen molar-refractivity contribution >= 4 is 17.3 Å². The topological polar surface area (TPSA) is 95.5 Å². The molecule has 1 rings (SSSR count). The van der Waals surface area contributed by atoms with Crippen molar-refractivity contribution in [3.8, 4) is 0 Å². The van der Waals surface area contributed by atoms with Gasteiger partial charge in [0.2, 0.25) is 5.82 Å². The Bertz CT molecular complexity index is 447. The number of anilines is 1. The number of hydrogen-bond acceptors (Lipinski definition) is 5. The van der Waals surface area contributed by atoms with Crippen molar-refractivity contribution in [1.29, 1.82) is 0 Å². The van der Waals surface area contributed by atoms with E-state index in [1.54, 1.807) is 6.92 Å². The van der Waals surface area contributed by atoms with Crippen molar-refractivity contribution in [3.63, 3.8) is 0 Å². The predicted octanol–water partition coefficient (Wildman–Crippen LogP) is 1.49. The average molecular weight is 228 g/mol. The van der Waals surface area contributed by atoms with Gasteiger partial charge in [-0.25, -0.2) is 4.79 Å². The number of nitrogen functional groups attached to an aromatic ring is 1. The number of hydrogen-bond donors (Lipinski definition) is 1. The standard InChI is InChI=1S/C9H9FN2O4/c1-2-16-9(13)5-3-6(10)8(12(14)15)4-7(5)11/h3-4H,2,11H2,1H3. The molecule has 0 saturated carbocycles. The second-order valence-electron chi connectivity index (χ2n) is 2.87. The number of nitrogens with zero attached hydrogens (tertiary/aromatic N) is 1. The van der Waals surface area contributed by atoms with Gasteiger partial charge >= 0.3 is 11.7 Å². The molecule has 86 valence electrons. The Labute approximate surface area is 90.0 Å². The summed E-state index contributed by atoms with van der Waals surface area (Å²) in [5.74, 6) is -1.93. The van der Waals surface area contributed by atoms with Crippen molar-refractivity contribution in [2.24, 2.45) is 0 Å². The van der Waals surface area contributed by atoms with E-state index in [4.69, 9.17) is 5.73 Å². The van der Waals surface area contributed by atoms with Crippen LogP contribution in [0.3, 0.4) is 0 Å². The van der Waals surface area contributed by atoms with Gasteiger partial charge in [0.25, 0.3) is 0 Å². The zero-order valence-corrected chi connectivity index (χ0v) is 8.40. The number of rotatable bonds is 3. The summed E-state index contributed by atoms with van der Waals surface area (Å²) in [5.41, 5.74) is 4.21. The van der Waals surface area contributed by atoms with Gasteiger partial charge in [0.1, 0.15) is 0 Å². The van der Waals surface area contributed by atoms with E-state index in [1.165, 1.54) is 0 Å². The Morgan fingerprint density at radius 3 is 2.75 bits per heavy atom. The lowest BCUT2D eigenvalue weighted by molar-refractivity contribution is -0.387. The summed E-state index contributed by atoms with van der Waals surface area (Å²) in [6, 6.07) is 1.49. The van der Waals surface area contributed by atoms with Gasteiger partial charge in [0.15, 0.2) is 0 Å². The molecule has 1 aromatic rings. The molecule has 7 heteroatoms. The molecule has 0 unspecified atom stereocenters. The highest BCUT2D eigenvalue weighted by Crippen LogP contribution is 2.24. The molecule has 1 aromatic carbocycles. The number of nitro groups is 1. The minimum atomic E-state index is -1.12. The van der Waals surface area contributed by atoms with E-state index in [2.05, 4.69) is 4.74 Å². The molecular formula is C9H9FN2O4. The quantitative estimate of drug-likeness (QED) is 0.366. The van der Waals surface area contributed by atoms with Crippen molar-refractivity contribution in [2.45, 2.75) is 6.92 Å². The fourth-order valence-electron chi connectivity index (χ4n) is 1.10. The fraction of sp³-hybridized carbons (Fsp3) is 0.222. The van der Waals surface area contributed by atoms with E-state index in [9.17, 15) is 19.3 Å². The number of nitrogens with two attached hydrogens (primary N) is 1. The molecule has 0 spiro atoms. The summed E-state index contributed by atoms with van der Waals surface area (Å²) < 4.78 is 17.8. The van der Waals surface area contributed by atoms with Crippen LogP contribution in [0.4, 0.5) is 15.8 Å². The average Bonchev–Trinajstić information content (AvgIpc) is 2.20. The fourth-order valence-corrected chi connectivity index (χ4v) is 1.10. The van der Waals surface area contributed by atoms with Crippen LogP contribution in [-0.2, 0) is 4.74 Å². The second-order valence-corrected chi connectivity index (χ2v) is 2.87. The zero-order chi connectivity index (χ0) is 12.3. The van der Waals surface area contributed by atoms with Gasteiger partial charge in [-0.2, -0.15) is 4.39 Å². The lowest BCUT2D eigenvalue weighted by Gasteiger charge is -2.05. The summed E-state index contributed by atoms with van der Waals surface area (Å²) in [7, 11) is 0. The molecule has 0 atom stereocenters. The highest BCUT2D eigenvalue weighted by molar-refractivity contribution is 5.95. The minimum absolute atomic E-state index is 0.108. The maximum atomic E-state index is 13.2. The molecule has 0 heterocycles. The lowest BCUT2D eigenvalue weighted by atomic mass is 10.1. The van der Waals surface area contributed by atoms with Crippen LogP contribution < -0.4 is 5.73 Å². The minimum Gasteiger partial charge on any atom is -0.462 e. The SMILES string of the molecule is CCOC(=O)c1cc(F)c([N+](=O)[O-])cc1N. The van der Waals surface area contributed by atoms with Crippen LogP contribution in [0.25, 0.3) is 0 Å². The molecule has 0 radical (unpaired) electrons. The van der Waals surface area contributed by atoms with Crippen LogP contribution in [0.2, 0.25) is 0 Å². The van der Waals surface area contributed by atoms with Crippen molar-refractivity contribution < 1.29 is 18.8 Å². The van der Waals surface area contributed by atoms with Crippen molar-refractivity contribution in [2.75, 3.05) is 12.3 Å². The van der Waals surface area contributed by atoms with Gasteiger partial charge in [-0.1, -0.05) is 0 Å². The first-order valence-corrected chi connectivity index (χ1v) is 4.38. The summed E-state index contributed by atoms with van der Waals surface area (Å²) in [6.45, 7) is 1.69. The maximum Gasteiger partial charge on any atom is 0.340 e. The number of carbonyl (C=O) groups excluding carboxylic acids is 1. The van der Waals surface area contributed by atoms with Crippen LogP contribution in [0, 0.1) is 15.9 Å². The first-order valence-electron chi connectivity index (χ1n) is 4.38. The molecular weight excluding hydrogens is 219 g/mol. The van der Waals surface area contributed by atoms with Gasteiger partial charge in [-0.3, -0.25) is 10.1 Å². The van der Waals surface area contributed by atoms with Crippen LogP contribution in [0.5, 0.6) is 0 Å². The number of esters is 1. The monoisotopic (exact) mass is 228 g/mol. The summed E-state index contributed by atoms with van der Waals surface area (Å²) in [5, 5.41) is 10.4. The van der Waals surface area contributed by atoms with Crippen LogP contribution in [0.15, 0.2) is 12.1 Å². The first kappa shape index (κ1) is 11.9. The maximum absolute atomic E-state index is 13.2. The third-order valence-electron chi connectivity index (χ3n) is 1.81. The summed E-state index contributed by atoms with van der Waals surface area (Å²) in [6.07, 6.45) is 0. The lowest BCUT2D eigenvalue weighted by Crippen LogP contribution is -2.09. The molecule has 2 N–H and O–H groups in total. The molecule has 0 fully saturated rings. The van der Waals surface area contributed by atoms with Crippen LogP contribution in [-0.4, -0.2) is 17.5 Å². The van der Waals surface area contributed by atoms with E-state index in [-0.39, 0.29) is 17.9 Å². The Kier molecular flexibility index (Phi) is 3.39. The number of carbonyl (C=O) groups is 1. The largest absolute Gasteiger partial charge is 0.462 e. The smallest absolute Gasteiger partial charge is 0.340 e. The van der Waals surface area contributed by atoms with Gasteiger partial charge < -0.3 is 10.5 Å². The Morgan fingerprint density at radius 1 is 1.62 bits per heavy atom. The molecule has 6 nitrogen and oxygen atoms in total. The summed E-state index contributed by atoms with van der Waals surface area (Å²) in [4.78, 5) is 20.7. The third-order valence-corrected chi connectivity index (χ3v) is 1.81. The van der Waals surface area contributed by atoms with Gasteiger partial charge in [-0.15, -0.1) is 0 Å². The van der Waals surface area contributed by atoms with Gasteiger partial charge in [0, 0.05) is 6.07 Å². The molecule has 0 aliphatic heterocycles. The zero-order valence-electron chi connectivity index (χ0n) is 8.40. The molecule has 0 aliphatic carbocycles. The van der Waals surface area contributed by atoms with E-state index in [0.29, 0.717) is 6.07 Å². The molecule has 0 saturated heterocycles. The normalized spacial score (nSPS) is 9.88. The molecule has 16 heavy (non-hydrogen) atoms. The summed E-state index contributed by atoms with van der Waals surface area (Å²) >= 11 is 0. The van der Waals surface area contributed by atoms with Crippen molar-refractivity contribution in [1.82, 2.24) is 0 Å². The van der Waals surface area contributed by atoms with Crippen LogP contribution >= 0.6 is 0 Å². The molecule has 0 amide bonds. The van der Waals surface area contributed by atoms with E-state index >= 15 is 0 Å². The van der Waals surface area contributed by atoms with Gasteiger partial charge in [0.05, 0.1) is 22.8 Å². The van der Waals surface area contributed by atoms with Crippen molar-refractivity contribution in [3.05, 3.63) is 33.6 Å². The number of nitro benzene ring substituents is 1. The molecule has 0 aromatic heterocycles. The van der Waals surface area contributed by atoms with E-state index < -0.39 is 22.4 Å². The molecule has 0 bridgehead atoms. The third kappa shape index (κ3) is 2.25. The van der Waals surface area contributed by atoms with Crippen LogP contribution in [0.1, 0.15) is 17.3 Å². The Balaban J connectivity index is 3.20.